The van der Waals surface area contributed by atoms with Crippen LogP contribution in [-0.4, -0.2) is 61.0 Å². The summed E-state index contributed by atoms with van der Waals surface area (Å²) in [5.74, 6) is -0.459. The Labute approximate surface area is 182 Å². The Morgan fingerprint density at radius 3 is 2.50 bits per heavy atom. The molecule has 1 aliphatic rings. The highest BCUT2D eigenvalue weighted by Crippen LogP contribution is 2.33. The second-order valence-corrected chi connectivity index (χ2v) is 8.87. The number of rotatable bonds is 7. The zero-order valence-electron chi connectivity index (χ0n) is 18.1. The molecule has 0 aliphatic carbocycles. The fourth-order valence-corrected chi connectivity index (χ4v) is 4.78. The molecule has 0 atom stereocenters. The quantitative estimate of drug-likeness (QED) is 0.680. The molecule has 0 unspecified atom stereocenters. The van der Waals surface area contributed by atoms with Crippen LogP contribution in [0.3, 0.4) is 0 Å². The Balaban J connectivity index is 1.55. The zero-order chi connectivity index (χ0) is 21.5. The molecule has 1 N–H and O–H groups in total. The summed E-state index contributed by atoms with van der Waals surface area (Å²) in [7, 11) is 0. The average molecular weight is 430 g/mol. The van der Waals surface area contributed by atoms with E-state index in [-0.39, 0.29) is 11.9 Å². The van der Waals surface area contributed by atoms with Crippen LogP contribution >= 0.6 is 11.3 Å². The largest absolute Gasteiger partial charge is 0.462 e. The third kappa shape index (κ3) is 5.90. The molecule has 2 aromatic rings. The summed E-state index contributed by atoms with van der Waals surface area (Å²) < 4.78 is 5.17. The van der Waals surface area contributed by atoms with Crippen LogP contribution in [0, 0.1) is 13.8 Å². The normalized spacial score (nSPS) is 15.6. The van der Waals surface area contributed by atoms with Crippen molar-refractivity contribution in [2.75, 3.05) is 44.6 Å². The first-order valence-electron chi connectivity index (χ1n) is 10.5. The maximum atomic E-state index is 12.7. The number of esters is 1. The van der Waals surface area contributed by atoms with Crippen molar-refractivity contribution in [1.82, 2.24) is 9.80 Å². The van der Waals surface area contributed by atoms with E-state index < -0.39 is 0 Å². The van der Waals surface area contributed by atoms with Gasteiger partial charge in [0.1, 0.15) is 5.00 Å². The molecule has 30 heavy (non-hydrogen) atoms. The van der Waals surface area contributed by atoms with Crippen molar-refractivity contribution < 1.29 is 14.3 Å². The number of nitrogens with zero attached hydrogens (tertiary/aromatic N) is 2. The van der Waals surface area contributed by atoms with Crippen molar-refractivity contribution in [2.24, 2.45) is 0 Å². The first kappa shape index (κ1) is 22.5. The number of anilines is 1. The first-order chi connectivity index (χ1) is 14.5. The van der Waals surface area contributed by atoms with Crippen LogP contribution in [0.25, 0.3) is 0 Å². The lowest BCUT2D eigenvalue weighted by atomic mass is 10.1. The van der Waals surface area contributed by atoms with E-state index in [1.165, 1.54) is 16.9 Å². The number of ether oxygens (including phenoxy) is 1. The minimum absolute atomic E-state index is 0.0849. The number of amides is 1. The third-order valence-electron chi connectivity index (χ3n) is 5.42. The number of carbonyl (C=O) groups is 2. The maximum absolute atomic E-state index is 12.7. The maximum Gasteiger partial charge on any atom is 0.341 e. The summed E-state index contributed by atoms with van der Waals surface area (Å²) in [4.78, 5) is 30.7. The molecule has 1 aliphatic heterocycles. The monoisotopic (exact) mass is 429 g/mol. The smallest absolute Gasteiger partial charge is 0.341 e. The number of benzene rings is 1. The molecule has 7 heteroatoms. The van der Waals surface area contributed by atoms with Gasteiger partial charge in [0.15, 0.2) is 0 Å². The lowest BCUT2D eigenvalue weighted by Crippen LogP contribution is -2.36. The van der Waals surface area contributed by atoms with Gasteiger partial charge >= 0.3 is 5.97 Å². The highest BCUT2D eigenvalue weighted by molar-refractivity contribution is 7.16. The zero-order valence-corrected chi connectivity index (χ0v) is 18.9. The van der Waals surface area contributed by atoms with Gasteiger partial charge in [-0.2, -0.15) is 0 Å². The number of carbonyl (C=O) groups excluding carboxylic acids is 2. The van der Waals surface area contributed by atoms with Crippen LogP contribution in [0.4, 0.5) is 5.00 Å². The molecule has 1 aromatic carbocycles. The van der Waals surface area contributed by atoms with Crippen LogP contribution in [0.1, 0.15) is 39.7 Å². The van der Waals surface area contributed by atoms with Crippen LogP contribution in [0.5, 0.6) is 0 Å². The van der Waals surface area contributed by atoms with E-state index in [1.54, 1.807) is 6.92 Å². The first-order valence-corrected chi connectivity index (χ1v) is 11.3. The van der Waals surface area contributed by atoms with Gasteiger partial charge < -0.3 is 10.1 Å². The third-order valence-corrected chi connectivity index (χ3v) is 6.54. The van der Waals surface area contributed by atoms with E-state index in [4.69, 9.17) is 4.74 Å². The average Bonchev–Trinajstić information content (AvgIpc) is 2.86. The van der Waals surface area contributed by atoms with E-state index in [1.807, 2.05) is 19.9 Å². The van der Waals surface area contributed by atoms with Crippen molar-refractivity contribution in [3.63, 3.8) is 0 Å². The van der Waals surface area contributed by atoms with E-state index in [0.717, 1.165) is 49.6 Å². The second-order valence-electron chi connectivity index (χ2n) is 7.65. The van der Waals surface area contributed by atoms with Crippen molar-refractivity contribution in [1.29, 1.82) is 0 Å². The molecule has 1 amide bonds. The summed E-state index contributed by atoms with van der Waals surface area (Å²) in [6, 6.07) is 10.5. The summed E-state index contributed by atoms with van der Waals surface area (Å²) in [6.07, 6.45) is 1.03. The molecule has 1 fully saturated rings. The summed E-state index contributed by atoms with van der Waals surface area (Å²) in [6.45, 7) is 10.9. The molecule has 0 radical (unpaired) electrons. The van der Waals surface area contributed by atoms with Gasteiger partial charge in [-0.25, -0.2) is 4.79 Å². The molecule has 0 saturated carbocycles. The number of hydrogen-bond acceptors (Lipinski definition) is 6. The van der Waals surface area contributed by atoms with Gasteiger partial charge in [0.25, 0.3) is 0 Å². The van der Waals surface area contributed by atoms with Gasteiger partial charge in [0, 0.05) is 24.5 Å². The predicted molar refractivity (Wildman–Crippen MR) is 121 cm³/mol. The molecule has 1 saturated heterocycles. The SMILES string of the molecule is CCOC(=O)c1c(NC(=O)CN2CCCN(Cc3ccccc3)CC2)sc(C)c1C. The Bertz CT molecular complexity index is 866. The molecule has 3 rings (SSSR count). The highest BCUT2D eigenvalue weighted by Gasteiger charge is 2.23. The minimum atomic E-state index is -0.374. The molecular weight excluding hydrogens is 398 g/mol. The Morgan fingerprint density at radius 2 is 1.77 bits per heavy atom. The van der Waals surface area contributed by atoms with Gasteiger partial charge in [0.2, 0.25) is 5.91 Å². The topological polar surface area (TPSA) is 61.9 Å². The highest BCUT2D eigenvalue weighted by atomic mass is 32.1. The molecule has 0 bridgehead atoms. The Kier molecular flexibility index (Phi) is 8.01. The number of nitrogens with one attached hydrogen (secondary N) is 1. The van der Waals surface area contributed by atoms with Crippen molar-refractivity contribution in [2.45, 2.75) is 33.7 Å². The van der Waals surface area contributed by atoms with Crippen molar-refractivity contribution >= 4 is 28.2 Å². The molecule has 162 valence electrons. The van der Waals surface area contributed by atoms with E-state index >= 15 is 0 Å². The lowest BCUT2D eigenvalue weighted by molar-refractivity contribution is -0.117. The van der Waals surface area contributed by atoms with Gasteiger partial charge in [-0.15, -0.1) is 11.3 Å². The molecule has 6 nitrogen and oxygen atoms in total. The molecular formula is C23H31N3O3S. The fourth-order valence-electron chi connectivity index (χ4n) is 3.72. The minimum Gasteiger partial charge on any atom is -0.462 e. The van der Waals surface area contributed by atoms with Crippen LogP contribution in [-0.2, 0) is 16.1 Å². The van der Waals surface area contributed by atoms with Crippen LogP contribution in [0.15, 0.2) is 30.3 Å². The van der Waals surface area contributed by atoms with Crippen molar-refractivity contribution in [3.8, 4) is 0 Å². The lowest BCUT2D eigenvalue weighted by Gasteiger charge is -2.21. The van der Waals surface area contributed by atoms with Gasteiger partial charge in [-0.05, 0) is 51.4 Å². The van der Waals surface area contributed by atoms with Crippen LogP contribution < -0.4 is 5.32 Å². The van der Waals surface area contributed by atoms with E-state index in [2.05, 4.69) is 39.4 Å². The van der Waals surface area contributed by atoms with Crippen molar-refractivity contribution in [3.05, 3.63) is 51.9 Å². The van der Waals surface area contributed by atoms with Gasteiger partial charge in [-0.3, -0.25) is 14.6 Å². The predicted octanol–water partition coefficient (Wildman–Crippen LogP) is 3.69. The fraction of sp³-hybridized carbons (Fsp3) is 0.478. The summed E-state index contributed by atoms with van der Waals surface area (Å²) in [5, 5.41) is 3.55. The summed E-state index contributed by atoms with van der Waals surface area (Å²) >= 11 is 1.43. The molecule has 1 aromatic heterocycles. The number of hydrogen-bond donors (Lipinski definition) is 1. The van der Waals surface area contributed by atoms with Crippen LogP contribution in [0.2, 0.25) is 0 Å². The summed E-state index contributed by atoms with van der Waals surface area (Å²) in [5.41, 5.74) is 2.68. The second kappa shape index (κ2) is 10.7. The Morgan fingerprint density at radius 1 is 1.07 bits per heavy atom. The molecule has 2 heterocycles. The number of thiophene rings is 1. The molecule has 0 spiro atoms. The van der Waals surface area contributed by atoms with Gasteiger partial charge in [0.05, 0.1) is 18.7 Å². The number of aryl methyl sites for hydroxylation is 1. The standard InChI is InChI=1S/C23H31N3O3S/c1-4-29-23(28)21-17(2)18(3)30-22(21)24-20(27)16-26-12-8-11-25(13-14-26)15-19-9-6-5-7-10-19/h5-7,9-10H,4,8,11-16H2,1-3H3,(H,24,27). The van der Waals surface area contributed by atoms with E-state index in [0.29, 0.717) is 23.7 Å². The van der Waals surface area contributed by atoms with Gasteiger partial charge in [-0.1, -0.05) is 30.3 Å². The Hall–Kier alpha value is -2.22. The van der Waals surface area contributed by atoms with E-state index in [9.17, 15) is 9.59 Å².